The van der Waals surface area contributed by atoms with Gasteiger partial charge in [0.15, 0.2) is 0 Å². The molecule has 6 heavy (non-hydrogen) atoms. The van der Waals surface area contributed by atoms with Crippen LogP contribution >= 0.6 is 0 Å². The molecule has 0 amide bonds. The van der Waals surface area contributed by atoms with Crippen molar-refractivity contribution in [1.82, 2.24) is 0 Å². The average Bonchev–Trinajstić information content (AvgIpc) is 0.503. The maximum absolute atomic E-state index is 4.90. The fraction of sp³-hybridized carbons (Fsp3) is 0. The molecule has 6 fully saturated rings. The molecule has 2 bridgehead atoms. The molecule has 6 rings (SSSR count). The maximum Gasteiger partial charge on any atom is 0.656 e. The van der Waals surface area contributed by atoms with Crippen LogP contribution in [-0.4, -0.2) is 18.1 Å². The van der Waals surface area contributed by atoms with Crippen LogP contribution in [0.25, 0.3) is 0 Å². The van der Waals surface area contributed by atoms with E-state index in [0.29, 0.717) is 0 Å². The zero-order chi connectivity index (χ0) is 3.83. The molecular formula is O4Si2. The van der Waals surface area contributed by atoms with Gasteiger partial charge >= 0.3 is 18.1 Å². The molecule has 6 aliphatic rings. The zero-order valence-corrected chi connectivity index (χ0v) is 4.63. The minimum Gasteiger partial charge on any atom is -0.328 e. The van der Waals surface area contributed by atoms with E-state index >= 15 is 0 Å². The Morgan fingerprint density at radius 2 is 0.833 bits per heavy atom. The molecule has 0 atom stereocenters. The minimum atomic E-state index is -2.11. The summed E-state index contributed by atoms with van der Waals surface area (Å²) in [5, 5.41) is 0. The van der Waals surface area contributed by atoms with Crippen LogP contribution in [0.3, 0.4) is 0 Å². The lowest BCUT2D eigenvalue weighted by Gasteiger charge is -2.70. The van der Waals surface area contributed by atoms with Gasteiger partial charge < -0.3 is 16.5 Å². The van der Waals surface area contributed by atoms with Gasteiger partial charge in [0.1, 0.15) is 0 Å². The van der Waals surface area contributed by atoms with Gasteiger partial charge in [0, 0.05) is 0 Å². The fourth-order valence-corrected chi connectivity index (χ4v) is 5.92. The molecule has 0 radical (unpaired) electrons. The normalized spacial score (nSPS) is 80.0. The monoisotopic (exact) mass is 120 g/mol. The number of hydrogen-bond acceptors (Lipinski definition) is 4. The summed E-state index contributed by atoms with van der Waals surface area (Å²) in [7, 11) is -4.22. The first kappa shape index (κ1) is 2.55. The Morgan fingerprint density at radius 1 is 0.667 bits per heavy atom. The van der Waals surface area contributed by atoms with E-state index in [9.17, 15) is 0 Å². The Bertz CT molecular complexity index is 82.5. The van der Waals surface area contributed by atoms with Crippen molar-refractivity contribution < 1.29 is 16.5 Å². The lowest BCUT2D eigenvalue weighted by molar-refractivity contribution is -0.245. The first-order chi connectivity index (χ1) is 2.83. The van der Waals surface area contributed by atoms with Gasteiger partial charge in [-0.15, -0.1) is 0 Å². The average molecular weight is 120 g/mol. The van der Waals surface area contributed by atoms with Gasteiger partial charge in [-0.1, -0.05) is 0 Å². The van der Waals surface area contributed by atoms with Crippen LogP contribution in [0, 0.1) is 0 Å². The highest BCUT2D eigenvalue weighted by atomic mass is 28.7. The predicted octanol–water partition coefficient (Wildman–Crippen LogP) is -1.04. The summed E-state index contributed by atoms with van der Waals surface area (Å²) in [5.74, 6) is 0. The highest BCUT2D eigenvalue weighted by Gasteiger charge is 3.04. The highest BCUT2D eigenvalue weighted by Crippen LogP contribution is 2.61. The first-order valence-corrected chi connectivity index (χ1v) is 4.90. The summed E-state index contributed by atoms with van der Waals surface area (Å²) in [6.07, 6.45) is 0. The minimum absolute atomic E-state index is 2.11. The highest BCUT2D eigenvalue weighted by molar-refractivity contribution is 7.09. The van der Waals surface area contributed by atoms with Crippen molar-refractivity contribution in [3.63, 3.8) is 0 Å². The van der Waals surface area contributed by atoms with Gasteiger partial charge in [-0.05, 0) is 0 Å². The van der Waals surface area contributed by atoms with Crippen LogP contribution in [0.4, 0.5) is 0 Å². The second-order valence-electron chi connectivity index (χ2n) is 1.41. The second kappa shape index (κ2) is 0.364. The molecule has 0 saturated carbocycles. The summed E-state index contributed by atoms with van der Waals surface area (Å²) >= 11 is 0. The van der Waals surface area contributed by atoms with Crippen LogP contribution in [0.1, 0.15) is 0 Å². The van der Waals surface area contributed by atoms with Gasteiger partial charge in [-0.3, -0.25) is 0 Å². The largest absolute Gasteiger partial charge is 0.656 e. The molecule has 6 aliphatic heterocycles. The van der Waals surface area contributed by atoms with Crippen molar-refractivity contribution in [2.24, 2.45) is 0 Å². The molecule has 0 aromatic heterocycles. The summed E-state index contributed by atoms with van der Waals surface area (Å²) in [5.41, 5.74) is 0. The summed E-state index contributed by atoms with van der Waals surface area (Å²) in [4.78, 5) is 0. The summed E-state index contributed by atoms with van der Waals surface area (Å²) < 4.78 is 19.6. The molecular weight excluding hydrogens is 120 g/mol. The van der Waals surface area contributed by atoms with E-state index in [0.717, 1.165) is 0 Å². The van der Waals surface area contributed by atoms with Crippen LogP contribution in [0.5, 0.6) is 0 Å². The molecule has 0 aliphatic carbocycles. The molecule has 32 valence electrons. The molecule has 6 saturated heterocycles. The predicted molar refractivity (Wildman–Crippen MR) is 15.8 cm³/mol. The molecule has 4 nitrogen and oxygen atoms in total. The molecule has 0 aromatic rings. The van der Waals surface area contributed by atoms with Crippen molar-refractivity contribution in [3.05, 3.63) is 0 Å². The van der Waals surface area contributed by atoms with E-state index in [1.165, 1.54) is 0 Å². The SMILES string of the molecule is O1[Si]23O[Si]1(O2)O3. The van der Waals surface area contributed by atoms with Crippen LogP contribution in [0.15, 0.2) is 0 Å². The van der Waals surface area contributed by atoms with E-state index in [2.05, 4.69) is 0 Å². The van der Waals surface area contributed by atoms with Gasteiger partial charge in [-0.25, -0.2) is 0 Å². The molecule has 0 spiro atoms. The van der Waals surface area contributed by atoms with Crippen LogP contribution in [0.2, 0.25) is 0 Å². The van der Waals surface area contributed by atoms with E-state index < -0.39 is 18.1 Å². The number of hydrogen-bond donors (Lipinski definition) is 0. The van der Waals surface area contributed by atoms with Crippen molar-refractivity contribution >= 4 is 18.1 Å². The third kappa shape index (κ3) is 0.0777. The summed E-state index contributed by atoms with van der Waals surface area (Å²) in [6, 6.07) is 0. The Kier molecular flexibility index (Phi) is 0.155. The van der Waals surface area contributed by atoms with Gasteiger partial charge in [0.05, 0.1) is 0 Å². The smallest absolute Gasteiger partial charge is 0.328 e. The van der Waals surface area contributed by atoms with Gasteiger partial charge in [0.25, 0.3) is 0 Å². The Labute approximate surface area is 35.6 Å². The topological polar surface area (TPSA) is 36.9 Å². The molecule has 0 N–H and O–H groups in total. The van der Waals surface area contributed by atoms with Crippen LogP contribution < -0.4 is 0 Å². The summed E-state index contributed by atoms with van der Waals surface area (Å²) in [6.45, 7) is 0. The van der Waals surface area contributed by atoms with E-state index in [-0.39, 0.29) is 0 Å². The Hall–Kier alpha value is 0.274. The van der Waals surface area contributed by atoms with Gasteiger partial charge in [0.2, 0.25) is 0 Å². The lowest BCUT2D eigenvalue weighted by Crippen LogP contribution is -3.06. The third-order valence-corrected chi connectivity index (χ3v) is 9.00. The van der Waals surface area contributed by atoms with Crippen molar-refractivity contribution in [2.45, 2.75) is 0 Å². The Balaban J connectivity index is 2.31. The standard InChI is InChI=1S/O4Si2/c1-5-2-6(1,3-5)4-5. The third-order valence-electron chi connectivity index (χ3n) is 1.000. The quantitative estimate of drug-likeness (QED) is 0.383. The first-order valence-electron chi connectivity index (χ1n) is 1.63. The Morgan fingerprint density at radius 3 is 0.833 bits per heavy atom. The molecule has 6 heterocycles. The lowest BCUT2D eigenvalue weighted by atomic mass is 15.4. The van der Waals surface area contributed by atoms with Crippen molar-refractivity contribution in [1.29, 1.82) is 0 Å². The van der Waals surface area contributed by atoms with Gasteiger partial charge in [-0.2, -0.15) is 0 Å². The van der Waals surface area contributed by atoms with Crippen molar-refractivity contribution in [3.8, 4) is 0 Å². The molecule has 0 unspecified atom stereocenters. The van der Waals surface area contributed by atoms with Crippen LogP contribution in [-0.2, 0) is 16.5 Å². The maximum atomic E-state index is 4.90. The van der Waals surface area contributed by atoms with E-state index in [1.807, 2.05) is 0 Å². The molecule has 6 heteroatoms. The fourth-order valence-electron chi connectivity index (χ4n) is 0.658. The van der Waals surface area contributed by atoms with Crippen molar-refractivity contribution in [2.75, 3.05) is 0 Å². The number of rotatable bonds is 0. The zero-order valence-electron chi connectivity index (χ0n) is 2.63. The van der Waals surface area contributed by atoms with E-state index in [4.69, 9.17) is 16.5 Å². The second-order valence-corrected chi connectivity index (χ2v) is 6.67. The van der Waals surface area contributed by atoms with E-state index in [1.54, 1.807) is 0 Å². The molecule has 0 aromatic carbocycles.